The summed E-state index contributed by atoms with van der Waals surface area (Å²) < 4.78 is 0. The molecule has 2 saturated heterocycles. The predicted molar refractivity (Wildman–Crippen MR) is 112 cm³/mol. The van der Waals surface area contributed by atoms with Gasteiger partial charge in [-0.15, -0.1) is 0 Å². The molecular formula is C24H42N2O. The van der Waals surface area contributed by atoms with Crippen molar-refractivity contribution in [1.82, 2.24) is 9.80 Å². The Morgan fingerprint density at radius 1 is 0.815 bits per heavy atom. The molecule has 154 valence electrons. The Morgan fingerprint density at radius 3 is 1.85 bits per heavy atom. The van der Waals surface area contributed by atoms with E-state index in [1.165, 1.54) is 77.5 Å². The maximum Gasteiger partial charge on any atom is 0.132 e. The number of rotatable bonds is 4. The quantitative estimate of drug-likeness (QED) is 0.710. The second-order valence-electron chi connectivity index (χ2n) is 10.8. The molecule has 4 fully saturated rings. The van der Waals surface area contributed by atoms with Gasteiger partial charge in [0.05, 0.1) is 0 Å². The molecule has 0 atom stereocenters. The number of Topliss-reactive ketones (excluding diaryl/α,β-unsaturated/α-hetero) is 1. The van der Waals surface area contributed by atoms with E-state index in [0.717, 1.165) is 36.8 Å². The molecule has 3 heteroatoms. The van der Waals surface area contributed by atoms with E-state index in [0.29, 0.717) is 17.1 Å². The zero-order valence-corrected chi connectivity index (χ0v) is 18.1. The van der Waals surface area contributed by atoms with Gasteiger partial charge >= 0.3 is 0 Å². The van der Waals surface area contributed by atoms with Crippen LogP contribution in [0, 0.1) is 23.2 Å². The van der Waals surface area contributed by atoms with Crippen LogP contribution in [0.1, 0.15) is 85.0 Å². The molecule has 0 unspecified atom stereocenters. The summed E-state index contributed by atoms with van der Waals surface area (Å²) in [5.41, 5.74) is 0.617. The van der Waals surface area contributed by atoms with Crippen molar-refractivity contribution in [3.63, 3.8) is 0 Å². The van der Waals surface area contributed by atoms with Crippen LogP contribution in [0.25, 0.3) is 0 Å². The topological polar surface area (TPSA) is 23.6 Å². The molecule has 0 aromatic rings. The summed E-state index contributed by atoms with van der Waals surface area (Å²) in [6.07, 6.45) is 13.4. The average Bonchev–Trinajstić information content (AvgIpc) is 2.66. The highest BCUT2D eigenvalue weighted by atomic mass is 16.1. The van der Waals surface area contributed by atoms with Crippen molar-refractivity contribution < 1.29 is 4.79 Å². The van der Waals surface area contributed by atoms with Crippen LogP contribution in [0.3, 0.4) is 0 Å². The molecular weight excluding hydrogens is 332 g/mol. The summed E-state index contributed by atoms with van der Waals surface area (Å²) in [5, 5.41) is 0. The van der Waals surface area contributed by atoms with E-state index in [4.69, 9.17) is 0 Å². The number of hydrogen-bond acceptors (Lipinski definition) is 3. The number of piperidine rings is 2. The lowest BCUT2D eigenvalue weighted by Gasteiger charge is -2.56. The summed E-state index contributed by atoms with van der Waals surface area (Å²) in [4.78, 5) is 17.3. The summed E-state index contributed by atoms with van der Waals surface area (Å²) in [5.74, 6) is 2.64. The first-order valence-electron chi connectivity index (χ1n) is 11.9. The zero-order valence-electron chi connectivity index (χ0n) is 18.1. The highest BCUT2D eigenvalue weighted by molar-refractivity contribution is 5.78. The summed E-state index contributed by atoms with van der Waals surface area (Å²) >= 11 is 0. The summed E-state index contributed by atoms with van der Waals surface area (Å²) in [6, 6.07) is 1.71. The third-order valence-corrected chi connectivity index (χ3v) is 9.01. The van der Waals surface area contributed by atoms with E-state index >= 15 is 0 Å². The Kier molecular flexibility index (Phi) is 6.00. The van der Waals surface area contributed by atoms with Gasteiger partial charge in [-0.3, -0.25) is 4.79 Å². The largest absolute Gasteiger partial charge is 0.300 e. The minimum Gasteiger partial charge on any atom is -0.300 e. The molecule has 0 bridgehead atoms. The number of ketones is 1. The molecule has 3 nitrogen and oxygen atoms in total. The molecule has 4 rings (SSSR count). The highest BCUT2D eigenvalue weighted by Gasteiger charge is 2.48. The molecule has 4 aliphatic rings. The first-order chi connectivity index (χ1) is 13.0. The van der Waals surface area contributed by atoms with Crippen molar-refractivity contribution in [3.05, 3.63) is 0 Å². The summed E-state index contributed by atoms with van der Waals surface area (Å²) in [7, 11) is 0. The summed E-state index contributed by atoms with van der Waals surface area (Å²) in [6.45, 7) is 11.9. The fourth-order valence-electron chi connectivity index (χ4n) is 6.81. The van der Waals surface area contributed by atoms with Crippen molar-refractivity contribution in [2.45, 2.75) is 97.1 Å². The smallest absolute Gasteiger partial charge is 0.132 e. The molecule has 0 amide bonds. The molecule has 0 aromatic carbocycles. The predicted octanol–water partition coefficient (Wildman–Crippen LogP) is 4.75. The third kappa shape index (κ3) is 4.29. The Bertz CT molecular complexity index is 498. The number of carbonyl (C=O) groups is 1. The number of hydrogen-bond donors (Lipinski definition) is 0. The highest BCUT2D eigenvalue weighted by Crippen LogP contribution is 2.54. The zero-order chi connectivity index (χ0) is 19.0. The van der Waals surface area contributed by atoms with Crippen molar-refractivity contribution in [2.24, 2.45) is 23.2 Å². The van der Waals surface area contributed by atoms with Gasteiger partial charge in [0, 0.05) is 18.0 Å². The van der Waals surface area contributed by atoms with Gasteiger partial charge in [0.1, 0.15) is 5.78 Å². The first kappa shape index (κ1) is 19.9. The normalized spacial score (nSPS) is 37.6. The lowest BCUT2D eigenvalue weighted by Crippen LogP contribution is -2.56. The van der Waals surface area contributed by atoms with E-state index in [9.17, 15) is 4.79 Å². The molecule has 1 spiro atoms. The van der Waals surface area contributed by atoms with Gasteiger partial charge in [-0.25, -0.2) is 0 Å². The van der Waals surface area contributed by atoms with Crippen molar-refractivity contribution in [3.8, 4) is 0 Å². The monoisotopic (exact) mass is 374 g/mol. The van der Waals surface area contributed by atoms with Gasteiger partial charge in [0.2, 0.25) is 0 Å². The van der Waals surface area contributed by atoms with E-state index in [2.05, 4.69) is 23.6 Å². The molecule has 2 saturated carbocycles. The van der Waals surface area contributed by atoms with E-state index in [1.807, 2.05) is 0 Å². The molecule has 0 aromatic heterocycles. The SMILES string of the molecule is CC(=O)C1CCC2(CC1)CC(N1CCC(N3CCC(C(C)C)CC3)CC1)C2. The van der Waals surface area contributed by atoms with Gasteiger partial charge in [-0.1, -0.05) is 13.8 Å². The second kappa shape index (κ2) is 8.14. The number of nitrogens with zero attached hydrogens (tertiary/aromatic N) is 2. The average molecular weight is 375 g/mol. The fraction of sp³-hybridized carbons (Fsp3) is 0.958. The van der Waals surface area contributed by atoms with Gasteiger partial charge in [-0.2, -0.15) is 0 Å². The third-order valence-electron chi connectivity index (χ3n) is 9.01. The molecule has 0 N–H and O–H groups in total. The number of likely N-dealkylation sites (tertiary alicyclic amines) is 2. The van der Waals surface area contributed by atoms with E-state index in [1.54, 1.807) is 6.92 Å². The van der Waals surface area contributed by atoms with Crippen LogP contribution in [-0.4, -0.2) is 53.8 Å². The fourth-order valence-corrected chi connectivity index (χ4v) is 6.81. The van der Waals surface area contributed by atoms with Crippen LogP contribution in [-0.2, 0) is 4.79 Å². The van der Waals surface area contributed by atoms with Gasteiger partial charge < -0.3 is 9.80 Å². The molecule has 2 aliphatic carbocycles. The van der Waals surface area contributed by atoms with Gasteiger partial charge in [-0.05, 0) is 115 Å². The van der Waals surface area contributed by atoms with Crippen molar-refractivity contribution >= 4 is 5.78 Å². The minimum absolute atomic E-state index is 0.380. The molecule has 2 heterocycles. The number of carbonyl (C=O) groups excluding carboxylic acids is 1. The van der Waals surface area contributed by atoms with Crippen LogP contribution in [0.2, 0.25) is 0 Å². The lowest BCUT2D eigenvalue weighted by molar-refractivity contribution is -0.124. The van der Waals surface area contributed by atoms with Crippen molar-refractivity contribution in [1.29, 1.82) is 0 Å². The van der Waals surface area contributed by atoms with Crippen molar-refractivity contribution in [2.75, 3.05) is 26.2 Å². The minimum atomic E-state index is 0.380. The Hall–Kier alpha value is -0.410. The maximum atomic E-state index is 11.6. The maximum absolute atomic E-state index is 11.6. The molecule has 0 radical (unpaired) electrons. The standard InChI is InChI=1S/C24H42N2O/c1-18(2)20-6-12-25(13-7-20)22-8-14-26(15-9-22)23-16-24(17-23)10-4-21(5-11-24)19(3)27/h18,20-23H,4-17H2,1-3H3. The second-order valence-corrected chi connectivity index (χ2v) is 10.8. The van der Waals surface area contributed by atoms with Crippen LogP contribution in [0.4, 0.5) is 0 Å². The Morgan fingerprint density at radius 2 is 1.33 bits per heavy atom. The lowest BCUT2D eigenvalue weighted by atomic mass is 9.56. The van der Waals surface area contributed by atoms with Crippen LogP contribution >= 0.6 is 0 Å². The van der Waals surface area contributed by atoms with Gasteiger partial charge in [0.25, 0.3) is 0 Å². The van der Waals surface area contributed by atoms with Crippen LogP contribution in [0.5, 0.6) is 0 Å². The van der Waals surface area contributed by atoms with Gasteiger partial charge in [0.15, 0.2) is 0 Å². The molecule has 2 aliphatic heterocycles. The Balaban J connectivity index is 1.18. The Labute approximate surface area is 167 Å². The first-order valence-corrected chi connectivity index (χ1v) is 11.9. The molecule has 27 heavy (non-hydrogen) atoms. The van der Waals surface area contributed by atoms with Crippen LogP contribution < -0.4 is 0 Å². The van der Waals surface area contributed by atoms with E-state index in [-0.39, 0.29) is 0 Å². The van der Waals surface area contributed by atoms with E-state index < -0.39 is 0 Å². The van der Waals surface area contributed by atoms with Crippen LogP contribution in [0.15, 0.2) is 0 Å².